The third-order valence-electron chi connectivity index (χ3n) is 5.24. The maximum atomic E-state index is 12.2. The molecule has 1 aliphatic carbocycles. The standard InChI is InChI=1S/C18H33NO2/c1-5-21-16(20)13-18(19-9-7-6-8-10-19)12-15(2)11-17(3,4)14-18/h15H,5-14H2,1-4H3. The Morgan fingerprint density at radius 2 is 1.86 bits per heavy atom. The molecule has 0 aromatic rings. The monoisotopic (exact) mass is 295 g/mol. The van der Waals surface area contributed by atoms with Gasteiger partial charge in [0.15, 0.2) is 0 Å². The van der Waals surface area contributed by atoms with Crippen molar-refractivity contribution >= 4 is 5.97 Å². The second-order valence-electron chi connectivity index (χ2n) is 8.11. The molecule has 2 unspecified atom stereocenters. The van der Waals surface area contributed by atoms with Gasteiger partial charge in [-0.2, -0.15) is 0 Å². The van der Waals surface area contributed by atoms with Crippen LogP contribution < -0.4 is 0 Å². The van der Waals surface area contributed by atoms with Gasteiger partial charge in [-0.3, -0.25) is 9.69 Å². The highest BCUT2D eigenvalue weighted by molar-refractivity contribution is 5.71. The number of nitrogens with zero attached hydrogens (tertiary/aromatic N) is 1. The Morgan fingerprint density at radius 3 is 2.43 bits per heavy atom. The van der Waals surface area contributed by atoms with Gasteiger partial charge in [-0.15, -0.1) is 0 Å². The van der Waals surface area contributed by atoms with Crippen LogP contribution in [0.15, 0.2) is 0 Å². The van der Waals surface area contributed by atoms with Crippen molar-refractivity contribution in [2.24, 2.45) is 11.3 Å². The Kier molecular flexibility index (Phi) is 5.34. The van der Waals surface area contributed by atoms with E-state index in [-0.39, 0.29) is 11.5 Å². The highest BCUT2D eigenvalue weighted by Gasteiger charge is 2.47. The van der Waals surface area contributed by atoms with Gasteiger partial charge >= 0.3 is 5.97 Å². The van der Waals surface area contributed by atoms with E-state index in [1.807, 2.05) is 6.92 Å². The molecule has 2 fully saturated rings. The van der Waals surface area contributed by atoms with Crippen LogP contribution in [0.5, 0.6) is 0 Å². The number of carbonyl (C=O) groups excluding carboxylic acids is 1. The molecule has 0 N–H and O–H groups in total. The minimum atomic E-state index is -0.00651. The fourth-order valence-electron chi connectivity index (χ4n) is 5.04. The molecule has 2 aliphatic rings. The summed E-state index contributed by atoms with van der Waals surface area (Å²) in [5.74, 6) is 0.679. The first-order chi connectivity index (χ1) is 9.87. The van der Waals surface area contributed by atoms with E-state index in [2.05, 4.69) is 25.7 Å². The summed E-state index contributed by atoms with van der Waals surface area (Å²) in [6, 6.07) is 0. The second-order valence-corrected chi connectivity index (χ2v) is 8.11. The number of esters is 1. The van der Waals surface area contributed by atoms with E-state index in [9.17, 15) is 4.79 Å². The summed E-state index contributed by atoms with van der Waals surface area (Å²) < 4.78 is 5.30. The van der Waals surface area contributed by atoms with E-state index in [4.69, 9.17) is 4.74 Å². The summed E-state index contributed by atoms with van der Waals surface area (Å²) in [5.41, 5.74) is 0.357. The fraction of sp³-hybridized carbons (Fsp3) is 0.944. The third-order valence-corrected chi connectivity index (χ3v) is 5.24. The number of rotatable bonds is 4. The maximum absolute atomic E-state index is 12.2. The first kappa shape index (κ1) is 16.8. The topological polar surface area (TPSA) is 29.5 Å². The molecule has 122 valence electrons. The SMILES string of the molecule is CCOC(=O)CC1(N2CCCCC2)CC(C)CC(C)(C)C1. The van der Waals surface area contributed by atoms with Crippen molar-refractivity contribution in [1.29, 1.82) is 0 Å². The zero-order valence-electron chi connectivity index (χ0n) is 14.4. The van der Waals surface area contributed by atoms with Crippen LogP contribution >= 0.6 is 0 Å². The summed E-state index contributed by atoms with van der Waals surface area (Å²) >= 11 is 0. The number of hydrogen-bond acceptors (Lipinski definition) is 3. The maximum Gasteiger partial charge on any atom is 0.307 e. The first-order valence-corrected chi connectivity index (χ1v) is 8.78. The van der Waals surface area contributed by atoms with Crippen molar-refractivity contribution in [2.75, 3.05) is 19.7 Å². The van der Waals surface area contributed by atoms with Crippen molar-refractivity contribution in [3.8, 4) is 0 Å². The van der Waals surface area contributed by atoms with Crippen molar-refractivity contribution in [3.63, 3.8) is 0 Å². The molecular weight excluding hydrogens is 262 g/mol. The quantitative estimate of drug-likeness (QED) is 0.734. The van der Waals surface area contributed by atoms with Crippen molar-refractivity contribution < 1.29 is 9.53 Å². The van der Waals surface area contributed by atoms with Gasteiger partial charge in [0.2, 0.25) is 0 Å². The highest BCUT2D eigenvalue weighted by Crippen LogP contribution is 2.48. The smallest absolute Gasteiger partial charge is 0.307 e. The lowest BCUT2D eigenvalue weighted by Gasteiger charge is -2.54. The van der Waals surface area contributed by atoms with Gasteiger partial charge < -0.3 is 4.74 Å². The molecule has 0 spiro atoms. The molecule has 1 heterocycles. The third kappa shape index (κ3) is 4.21. The lowest BCUT2D eigenvalue weighted by Crippen LogP contribution is -2.57. The van der Waals surface area contributed by atoms with Crippen LogP contribution in [0.4, 0.5) is 0 Å². The van der Waals surface area contributed by atoms with E-state index < -0.39 is 0 Å². The molecule has 21 heavy (non-hydrogen) atoms. The number of piperidine rings is 1. The second kappa shape index (κ2) is 6.68. The summed E-state index contributed by atoms with van der Waals surface area (Å²) in [4.78, 5) is 14.9. The molecule has 2 rings (SSSR count). The van der Waals surface area contributed by atoms with Crippen LogP contribution in [-0.2, 0) is 9.53 Å². The lowest BCUT2D eigenvalue weighted by molar-refractivity contribution is -0.149. The van der Waals surface area contributed by atoms with Crippen molar-refractivity contribution in [2.45, 2.75) is 78.2 Å². The summed E-state index contributed by atoms with van der Waals surface area (Å²) in [7, 11) is 0. The molecule has 1 saturated heterocycles. The van der Waals surface area contributed by atoms with Crippen LogP contribution in [0.2, 0.25) is 0 Å². The molecule has 2 atom stereocenters. The van der Waals surface area contributed by atoms with E-state index in [0.29, 0.717) is 24.4 Å². The molecule has 1 aliphatic heterocycles. The number of hydrogen-bond donors (Lipinski definition) is 0. The van der Waals surface area contributed by atoms with E-state index >= 15 is 0 Å². The molecule has 0 radical (unpaired) electrons. The number of likely N-dealkylation sites (tertiary alicyclic amines) is 1. The van der Waals surface area contributed by atoms with Crippen LogP contribution in [-0.4, -0.2) is 36.1 Å². The van der Waals surface area contributed by atoms with Gasteiger partial charge in [0.25, 0.3) is 0 Å². The average Bonchev–Trinajstić information content (AvgIpc) is 2.37. The van der Waals surface area contributed by atoms with Gasteiger partial charge in [0.1, 0.15) is 0 Å². The molecule has 1 saturated carbocycles. The average molecular weight is 295 g/mol. The molecule has 3 heteroatoms. The zero-order chi connectivity index (χ0) is 15.5. The predicted molar refractivity (Wildman–Crippen MR) is 86.2 cm³/mol. The summed E-state index contributed by atoms with van der Waals surface area (Å²) in [6.07, 6.45) is 8.02. The van der Waals surface area contributed by atoms with Crippen LogP contribution in [0.3, 0.4) is 0 Å². The van der Waals surface area contributed by atoms with Crippen LogP contribution in [0, 0.1) is 11.3 Å². The fourth-order valence-corrected chi connectivity index (χ4v) is 5.04. The van der Waals surface area contributed by atoms with E-state index in [0.717, 1.165) is 25.9 Å². The van der Waals surface area contributed by atoms with Gasteiger partial charge in [-0.05, 0) is 63.5 Å². The van der Waals surface area contributed by atoms with Gasteiger partial charge in [-0.25, -0.2) is 0 Å². The predicted octanol–water partition coefficient (Wildman–Crippen LogP) is 4.01. The molecule has 0 bridgehead atoms. The minimum Gasteiger partial charge on any atom is -0.466 e. The molecule has 0 amide bonds. The van der Waals surface area contributed by atoms with Crippen LogP contribution in [0.1, 0.15) is 72.6 Å². The minimum absolute atomic E-state index is 0.00651. The molecule has 3 nitrogen and oxygen atoms in total. The normalized spacial score (nSPS) is 33.6. The Bertz CT molecular complexity index is 360. The first-order valence-electron chi connectivity index (χ1n) is 8.78. The van der Waals surface area contributed by atoms with Crippen molar-refractivity contribution in [1.82, 2.24) is 4.90 Å². The zero-order valence-corrected chi connectivity index (χ0v) is 14.4. The number of carbonyl (C=O) groups is 1. The molecule has 0 aromatic heterocycles. The van der Waals surface area contributed by atoms with Gasteiger partial charge in [-0.1, -0.05) is 27.2 Å². The Hall–Kier alpha value is -0.570. The van der Waals surface area contributed by atoms with Gasteiger partial charge in [0, 0.05) is 5.54 Å². The van der Waals surface area contributed by atoms with Crippen LogP contribution in [0.25, 0.3) is 0 Å². The molecular formula is C18H33NO2. The summed E-state index contributed by atoms with van der Waals surface area (Å²) in [6.45, 7) is 11.8. The highest BCUT2D eigenvalue weighted by atomic mass is 16.5. The Morgan fingerprint density at radius 1 is 1.19 bits per heavy atom. The van der Waals surface area contributed by atoms with E-state index in [1.54, 1.807) is 0 Å². The Labute approximate surface area is 130 Å². The van der Waals surface area contributed by atoms with Gasteiger partial charge in [0.05, 0.1) is 13.0 Å². The van der Waals surface area contributed by atoms with E-state index in [1.165, 1.54) is 25.7 Å². The lowest BCUT2D eigenvalue weighted by atomic mass is 9.62. The summed E-state index contributed by atoms with van der Waals surface area (Å²) in [5, 5.41) is 0. The Balaban J connectivity index is 2.21. The number of ether oxygens (including phenoxy) is 1. The van der Waals surface area contributed by atoms with Crippen molar-refractivity contribution in [3.05, 3.63) is 0 Å². The molecule has 0 aromatic carbocycles. The largest absolute Gasteiger partial charge is 0.466 e.